The van der Waals surface area contributed by atoms with Gasteiger partial charge in [0.15, 0.2) is 0 Å². The zero-order valence-electron chi connectivity index (χ0n) is 5.66. The Morgan fingerprint density at radius 3 is 2.55 bits per heavy atom. The van der Waals surface area contributed by atoms with Gasteiger partial charge in [0.1, 0.15) is 6.34 Å². The van der Waals surface area contributed by atoms with Crippen molar-refractivity contribution in [2.45, 2.75) is 0 Å². The number of hydrogen-bond acceptors (Lipinski definition) is 2. The Morgan fingerprint density at radius 1 is 1.36 bits per heavy atom. The minimum Gasteiger partial charge on any atom is -0.410 e. The maximum absolute atomic E-state index is 8.06. The predicted molar refractivity (Wildman–Crippen MR) is 45.4 cm³/mol. The highest BCUT2D eigenvalue weighted by molar-refractivity contribution is 6.30. The van der Waals surface area contributed by atoms with Crippen LogP contribution in [0.1, 0.15) is 0 Å². The Kier molecular flexibility index (Phi) is 2.74. The lowest BCUT2D eigenvalue weighted by molar-refractivity contribution is 0.321. The van der Waals surface area contributed by atoms with Crippen LogP contribution in [0, 0.1) is 0 Å². The molecule has 0 saturated heterocycles. The van der Waals surface area contributed by atoms with E-state index in [2.05, 4.69) is 10.5 Å². The minimum atomic E-state index is 0.677. The van der Waals surface area contributed by atoms with Crippen molar-refractivity contribution in [3.8, 4) is 0 Å². The third-order valence-electron chi connectivity index (χ3n) is 1.13. The average Bonchev–Trinajstić information content (AvgIpc) is 2.04. The second-order valence-corrected chi connectivity index (χ2v) is 2.33. The fourth-order valence-corrected chi connectivity index (χ4v) is 0.776. The van der Waals surface area contributed by atoms with Crippen LogP contribution in [0.25, 0.3) is 0 Å². The van der Waals surface area contributed by atoms with Gasteiger partial charge in [0, 0.05) is 10.7 Å². The Labute approximate surface area is 69.3 Å². The number of hydrogen-bond donors (Lipinski definition) is 2. The van der Waals surface area contributed by atoms with E-state index in [-0.39, 0.29) is 0 Å². The van der Waals surface area contributed by atoms with E-state index >= 15 is 0 Å². The smallest absolute Gasteiger partial charge is 0.132 e. The van der Waals surface area contributed by atoms with E-state index in [1.165, 1.54) is 6.34 Å². The number of nitrogens with zero attached hydrogens (tertiary/aromatic N) is 1. The summed E-state index contributed by atoms with van der Waals surface area (Å²) < 4.78 is 0. The summed E-state index contributed by atoms with van der Waals surface area (Å²) in [6.45, 7) is 0. The van der Waals surface area contributed by atoms with E-state index in [0.29, 0.717) is 5.02 Å². The van der Waals surface area contributed by atoms with Crippen molar-refractivity contribution in [2.75, 3.05) is 5.32 Å². The van der Waals surface area contributed by atoms with E-state index in [4.69, 9.17) is 16.8 Å². The molecule has 3 nitrogen and oxygen atoms in total. The van der Waals surface area contributed by atoms with E-state index in [0.717, 1.165) is 5.69 Å². The SMILES string of the molecule is ON=CNc1ccc(Cl)cc1. The van der Waals surface area contributed by atoms with Crippen LogP contribution in [0.15, 0.2) is 29.4 Å². The summed E-state index contributed by atoms with van der Waals surface area (Å²) in [4.78, 5) is 0. The van der Waals surface area contributed by atoms with Gasteiger partial charge in [-0.3, -0.25) is 0 Å². The van der Waals surface area contributed by atoms with Crippen LogP contribution >= 0.6 is 11.6 Å². The van der Waals surface area contributed by atoms with Crippen LogP contribution in [-0.2, 0) is 0 Å². The molecule has 0 saturated carbocycles. The highest BCUT2D eigenvalue weighted by Crippen LogP contribution is 2.12. The zero-order chi connectivity index (χ0) is 8.10. The standard InChI is InChI=1S/C7H7ClN2O/c8-6-1-3-7(4-2-6)9-5-10-11/h1-5,11H,(H,9,10). The van der Waals surface area contributed by atoms with E-state index in [1.54, 1.807) is 24.3 Å². The van der Waals surface area contributed by atoms with Gasteiger partial charge in [-0.2, -0.15) is 0 Å². The third kappa shape index (κ3) is 2.47. The van der Waals surface area contributed by atoms with Gasteiger partial charge in [-0.1, -0.05) is 16.8 Å². The van der Waals surface area contributed by atoms with Crippen LogP contribution in [0.5, 0.6) is 0 Å². The Bertz CT molecular complexity index is 245. The van der Waals surface area contributed by atoms with Gasteiger partial charge in [-0.15, -0.1) is 0 Å². The zero-order valence-corrected chi connectivity index (χ0v) is 6.42. The molecule has 0 spiro atoms. The van der Waals surface area contributed by atoms with Crippen LogP contribution in [0.2, 0.25) is 5.02 Å². The molecule has 0 aliphatic heterocycles. The number of oxime groups is 1. The molecule has 0 aromatic heterocycles. The lowest BCUT2D eigenvalue weighted by Crippen LogP contribution is -1.93. The summed E-state index contributed by atoms with van der Waals surface area (Å²) in [7, 11) is 0. The number of benzene rings is 1. The van der Waals surface area contributed by atoms with Gasteiger partial charge in [-0.25, -0.2) is 0 Å². The van der Waals surface area contributed by atoms with Crippen LogP contribution in [0.4, 0.5) is 5.69 Å². The molecule has 1 rings (SSSR count). The van der Waals surface area contributed by atoms with E-state index < -0.39 is 0 Å². The summed E-state index contributed by atoms with van der Waals surface area (Å²) in [6, 6.07) is 7.05. The van der Waals surface area contributed by atoms with Crippen molar-refractivity contribution in [3.05, 3.63) is 29.3 Å². The second-order valence-electron chi connectivity index (χ2n) is 1.90. The lowest BCUT2D eigenvalue weighted by Gasteiger charge is -1.97. The fraction of sp³-hybridized carbons (Fsp3) is 0. The first-order chi connectivity index (χ1) is 5.33. The van der Waals surface area contributed by atoms with Crippen molar-refractivity contribution in [3.63, 3.8) is 0 Å². The molecule has 0 fully saturated rings. The number of nitrogens with one attached hydrogen (secondary N) is 1. The molecule has 4 heteroatoms. The highest BCUT2D eigenvalue weighted by atomic mass is 35.5. The molecular formula is C7H7ClN2O. The highest BCUT2D eigenvalue weighted by Gasteiger charge is 1.87. The molecular weight excluding hydrogens is 164 g/mol. The van der Waals surface area contributed by atoms with Crippen LogP contribution in [0.3, 0.4) is 0 Å². The largest absolute Gasteiger partial charge is 0.410 e. The van der Waals surface area contributed by atoms with Crippen molar-refractivity contribution in [1.29, 1.82) is 0 Å². The first-order valence-corrected chi connectivity index (χ1v) is 3.39. The van der Waals surface area contributed by atoms with Gasteiger partial charge in [0.05, 0.1) is 0 Å². The average molecular weight is 171 g/mol. The molecule has 1 aromatic rings. The van der Waals surface area contributed by atoms with Crippen molar-refractivity contribution < 1.29 is 5.21 Å². The van der Waals surface area contributed by atoms with Gasteiger partial charge in [0.25, 0.3) is 0 Å². The predicted octanol–water partition coefficient (Wildman–Crippen LogP) is 2.17. The molecule has 0 heterocycles. The Morgan fingerprint density at radius 2 is 2.00 bits per heavy atom. The second kappa shape index (κ2) is 3.83. The monoisotopic (exact) mass is 170 g/mol. The molecule has 11 heavy (non-hydrogen) atoms. The molecule has 0 radical (unpaired) electrons. The first kappa shape index (κ1) is 7.88. The molecule has 58 valence electrons. The summed E-state index contributed by atoms with van der Waals surface area (Å²) in [6.07, 6.45) is 1.18. The molecule has 0 aliphatic rings. The van der Waals surface area contributed by atoms with Gasteiger partial charge in [0.2, 0.25) is 0 Å². The summed E-state index contributed by atoms with van der Waals surface area (Å²) in [5.74, 6) is 0. The summed E-state index contributed by atoms with van der Waals surface area (Å²) in [5, 5.41) is 14.2. The number of halogens is 1. The summed E-state index contributed by atoms with van der Waals surface area (Å²) >= 11 is 5.63. The third-order valence-corrected chi connectivity index (χ3v) is 1.39. The van der Waals surface area contributed by atoms with Crippen molar-refractivity contribution in [1.82, 2.24) is 0 Å². The van der Waals surface area contributed by atoms with Crippen LogP contribution < -0.4 is 5.32 Å². The maximum Gasteiger partial charge on any atom is 0.132 e. The van der Waals surface area contributed by atoms with E-state index in [9.17, 15) is 0 Å². The maximum atomic E-state index is 8.06. The Balaban J connectivity index is 2.66. The van der Waals surface area contributed by atoms with Crippen molar-refractivity contribution >= 4 is 23.6 Å². The fourth-order valence-electron chi connectivity index (χ4n) is 0.650. The first-order valence-electron chi connectivity index (χ1n) is 3.01. The van der Waals surface area contributed by atoms with Gasteiger partial charge >= 0.3 is 0 Å². The lowest BCUT2D eigenvalue weighted by atomic mass is 10.3. The number of rotatable bonds is 2. The molecule has 2 N–H and O–H groups in total. The van der Waals surface area contributed by atoms with E-state index in [1.807, 2.05) is 0 Å². The van der Waals surface area contributed by atoms with Crippen molar-refractivity contribution in [2.24, 2.45) is 5.16 Å². The normalized spacial score (nSPS) is 10.3. The molecule has 0 unspecified atom stereocenters. The molecule has 0 atom stereocenters. The molecule has 1 aromatic carbocycles. The topological polar surface area (TPSA) is 44.6 Å². The summed E-state index contributed by atoms with van der Waals surface area (Å²) in [5.41, 5.74) is 0.826. The molecule has 0 bridgehead atoms. The van der Waals surface area contributed by atoms with Crippen LogP contribution in [-0.4, -0.2) is 11.5 Å². The Hall–Kier alpha value is -1.22. The minimum absolute atomic E-state index is 0.677. The van der Waals surface area contributed by atoms with Gasteiger partial charge < -0.3 is 10.5 Å². The number of anilines is 1. The quantitative estimate of drug-likeness (QED) is 0.309. The van der Waals surface area contributed by atoms with Gasteiger partial charge in [-0.05, 0) is 24.3 Å². The molecule has 0 aliphatic carbocycles. The molecule has 0 amide bonds.